The van der Waals surface area contributed by atoms with Gasteiger partial charge in [0.15, 0.2) is 0 Å². The van der Waals surface area contributed by atoms with Crippen LogP contribution < -0.4 is 5.32 Å². The van der Waals surface area contributed by atoms with E-state index in [0.29, 0.717) is 6.04 Å². The molecule has 0 fully saturated rings. The van der Waals surface area contributed by atoms with Gasteiger partial charge in [-0.15, -0.1) is 0 Å². The first-order chi connectivity index (χ1) is 10.1. The highest BCUT2D eigenvalue weighted by Crippen LogP contribution is 2.26. The van der Waals surface area contributed by atoms with Gasteiger partial charge in [-0.1, -0.05) is 34.1 Å². The minimum atomic E-state index is -0.178. The van der Waals surface area contributed by atoms with Gasteiger partial charge in [0, 0.05) is 16.6 Å². The molecule has 0 saturated heterocycles. The minimum Gasteiger partial charge on any atom is -0.307 e. The monoisotopic (exact) mass is 347 g/mol. The number of hydrogen-bond acceptors (Lipinski definition) is 1. The second-order valence-electron chi connectivity index (χ2n) is 5.79. The van der Waals surface area contributed by atoms with Gasteiger partial charge in [0.05, 0.1) is 0 Å². The molecule has 2 aromatic rings. The molecule has 2 atom stereocenters. The van der Waals surface area contributed by atoms with E-state index in [0.717, 1.165) is 29.3 Å². The Kier molecular flexibility index (Phi) is 4.41. The van der Waals surface area contributed by atoms with Crippen LogP contribution in [0.4, 0.5) is 4.39 Å². The predicted octanol–water partition coefficient (Wildman–Crippen LogP) is 4.80. The molecule has 0 amide bonds. The van der Waals surface area contributed by atoms with E-state index in [9.17, 15) is 4.39 Å². The van der Waals surface area contributed by atoms with Crippen molar-refractivity contribution in [1.82, 2.24) is 5.32 Å². The van der Waals surface area contributed by atoms with Gasteiger partial charge in [-0.3, -0.25) is 0 Å². The lowest BCUT2D eigenvalue weighted by atomic mass is 9.88. The van der Waals surface area contributed by atoms with Crippen LogP contribution in [0.1, 0.15) is 36.1 Å². The maximum atomic E-state index is 13.0. The third-order valence-corrected chi connectivity index (χ3v) is 4.75. The lowest BCUT2D eigenvalue weighted by molar-refractivity contribution is 0.413. The van der Waals surface area contributed by atoms with Crippen LogP contribution in [0, 0.1) is 5.82 Å². The van der Waals surface area contributed by atoms with Crippen LogP contribution in [0.5, 0.6) is 0 Å². The molecule has 21 heavy (non-hydrogen) atoms. The van der Waals surface area contributed by atoms with Crippen LogP contribution in [0.2, 0.25) is 0 Å². The minimum absolute atomic E-state index is 0.178. The van der Waals surface area contributed by atoms with Gasteiger partial charge in [-0.05, 0) is 67.1 Å². The molecule has 0 aromatic heterocycles. The summed E-state index contributed by atoms with van der Waals surface area (Å²) in [6.45, 7) is 2.14. The Labute approximate surface area is 133 Å². The topological polar surface area (TPSA) is 12.0 Å². The fraction of sp³-hybridized carbons (Fsp3) is 0.333. The second kappa shape index (κ2) is 6.29. The second-order valence-corrected chi connectivity index (χ2v) is 6.71. The van der Waals surface area contributed by atoms with Gasteiger partial charge in [-0.2, -0.15) is 0 Å². The Morgan fingerprint density at radius 2 is 1.90 bits per heavy atom. The van der Waals surface area contributed by atoms with E-state index in [2.05, 4.69) is 46.4 Å². The van der Waals surface area contributed by atoms with Crippen LogP contribution in [-0.2, 0) is 12.8 Å². The van der Waals surface area contributed by atoms with E-state index in [1.807, 2.05) is 12.1 Å². The van der Waals surface area contributed by atoms with Crippen LogP contribution in [0.3, 0.4) is 0 Å². The van der Waals surface area contributed by atoms with Crippen molar-refractivity contribution >= 4 is 15.9 Å². The van der Waals surface area contributed by atoms with Gasteiger partial charge in [0.1, 0.15) is 5.82 Å². The molecule has 0 heterocycles. The summed E-state index contributed by atoms with van der Waals surface area (Å²) in [4.78, 5) is 0. The lowest BCUT2D eigenvalue weighted by Crippen LogP contribution is -2.36. The molecule has 0 radical (unpaired) electrons. The van der Waals surface area contributed by atoms with Crippen molar-refractivity contribution in [3.8, 4) is 0 Å². The van der Waals surface area contributed by atoms with Crippen LogP contribution in [0.25, 0.3) is 0 Å². The summed E-state index contributed by atoms with van der Waals surface area (Å²) in [7, 11) is 0. The van der Waals surface area contributed by atoms with Crippen molar-refractivity contribution in [1.29, 1.82) is 0 Å². The van der Waals surface area contributed by atoms with Crippen molar-refractivity contribution in [2.45, 2.75) is 38.3 Å². The standard InChI is InChI=1S/C18H19BrFN/c1-12(13-3-7-17(20)8-4-13)21-18-9-5-14-10-16(19)6-2-15(14)11-18/h2-4,6-8,10,12,18,21H,5,9,11H2,1H3/t12-,18?/m0/s1. The summed E-state index contributed by atoms with van der Waals surface area (Å²) in [5, 5.41) is 3.68. The molecule has 1 N–H and O–H groups in total. The third kappa shape index (κ3) is 3.53. The van der Waals surface area contributed by atoms with E-state index < -0.39 is 0 Å². The highest BCUT2D eigenvalue weighted by molar-refractivity contribution is 9.10. The molecular weight excluding hydrogens is 329 g/mol. The van der Waals surface area contributed by atoms with Gasteiger partial charge in [0.25, 0.3) is 0 Å². The average molecular weight is 348 g/mol. The number of aryl methyl sites for hydroxylation is 1. The summed E-state index contributed by atoms with van der Waals surface area (Å²) in [6.07, 6.45) is 3.33. The van der Waals surface area contributed by atoms with Gasteiger partial charge >= 0.3 is 0 Å². The van der Waals surface area contributed by atoms with Gasteiger partial charge in [-0.25, -0.2) is 4.39 Å². The normalized spacial score (nSPS) is 19.1. The van der Waals surface area contributed by atoms with Crippen molar-refractivity contribution in [3.63, 3.8) is 0 Å². The lowest BCUT2D eigenvalue weighted by Gasteiger charge is -2.29. The molecule has 0 saturated carbocycles. The molecule has 1 aliphatic carbocycles. The van der Waals surface area contributed by atoms with Gasteiger partial charge < -0.3 is 5.32 Å². The molecule has 1 unspecified atom stereocenters. The zero-order valence-electron chi connectivity index (χ0n) is 12.1. The highest BCUT2D eigenvalue weighted by Gasteiger charge is 2.20. The number of hydrogen-bond donors (Lipinski definition) is 1. The maximum absolute atomic E-state index is 13.0. The molecule has 2 aromatic carbocycles. The van der Waals surface area contributed by atoms with Crippen molar-refractivity contribution in [2.24, 2.45) is 0 Å². The van der Waals surface area contributed by atoms with Gasteiger partial charge in [0.2, 0.25) is 0 Å². The van der Waals surface area contributed by atoms with E-state index >= 15 is 0 Å². The Hall–Kier alpha value is -1.19. The molecule has 0 aliphatic heterocycles. The number of rotatable bonds is 3. The number of nitrogens with one attached hydrogen (secondary N) is 1. The number of fused-ring (bicyclic) bond motifs is 1. The smallest absolute Gasteiger partial charge is 0.123 e. The molecule has 1 nitrogen and oxygen atoms in total. The SMILES string of the molecule is C[C@H](NC1CCc2cc(Br)ccc2C1)c1ccc(F)cc1. The zero-order chi connectivity index (χ0) is 14.8. The van der Waals surface area contributed by atoms with Crippen molar-refractivity contribution in [3.05, 3.63) is 69.4 Å². The molecule has 3 rings (SSSR count). The van der Waals surface area contributed by atoms with E-state index in [-0.39, 0.29) is 11.9 Å². The van der Waals surface area contributed by atoms with Crippen molar-refractivity contribution in [2.75, 3.05) is 0 Å². The van der Waals surface area contributed by atoms with E-state index in [1.165, 1.54) is 23.3 Å². The first kappa shape index (κ1) is 14.7. The third-order valence-electron chi connectivity index (χ3n) is 4.25. The summed E-state index contributed by atoms with van der Waals surface area (Å²) in [5.41, 5.74) is 4.03. The summed E-state index contributed by atoms with van der Waals surface area (Å²) < 4.78 is 14.1. The molecule has 110 valence electrons. The van der Waals surface area contributed by atoms with Crippen LogP contribution in [-0.4, -0.2) is 6.04 Å². The summed E-state index contributed by atoms with van der Waals surface area (Å²) in [5.74, 6) is -0.178. The van der Waals surface area contributed by atoms with Crippen LogP contribution in [0.15, 0.2) is 46.9 Å². The first-order valence-electron chi connectivity index (χ1n) is 7.40. The summed E-state index contributed by atoms with van der Waals surface area (Å²) in [6, 6.07) is 14.1. The molecule has 0 spiro atoms. The fourth-order valence-electron chi connectivity index (χ4n) is 3.07. The zero-order valence-corrected chi connectivity index (χ0v) is 13.7. The molecular formula is C18H19BrFN. The largest absolute Gasteiger partial charge is 0.307 e. The Bertz CT molecular complexity index is 624. The molecule has 1 aliphatic rings. The molecule has 0 bridgehead atoms. The highest BCUT2D eigenvalue weighted by atomic mass is 79.9. The maximum Gasteiger partial charge on any atom is 0.123 e. The quantitative estimate of drug-likeness (QED) is 0.841. The first-order valence-corrected chi connectivity index (χ1v) is 8.20. The number of halogens is 2. The summed E-state index contributed by atoms with van der Waals surface area (Å²) >= 11 is 3.54. The van der Waals surface area contributed by atoms with E-state index in [1.54, 1.807) is 0 Å². The van der Waals surface area contributed by atoms with Crippen molar-refractivity contribution < 1.29 is 4.39 Å². The average Bonchev–Trinajstić information content (AvgIpc) is 2.48. The van der Waals surface area contributed by atoms with E-state index in [4.69, 9.17) is 0 Å². The van der Waals surface area contributed by atoms with Crippen LogP contribution >= 0.6 is 15.9 Å². The number of benzene rings is 2. The Balaban J connectivity index is 1.66. The Morgan fingerprint density at radius 3 is 2.67 bits per heavy atom. The Morgan fingerprint density at radius 1 is 1.14 bits per heavy atom. The molecule has 3 heteroatoms. The fourth-order valence-corrected chi connectivity index (χ4v) is 3.48. The predicted molar refractivity (Wildman–Crippen MR) is 87.9 cm³/mol.